The minimum Gasteiger partial charge on any atom is -0.286 e. The van der Waals surface area contributed by atoms with E-state index in [1.807, 2.05) is 0 Å². The van der Waals surface area contributed by atoms with Crippen LogP contribution in [-0.4, -0.2) is 21.9 Å². The van der Waals surface area contributed by atoms with Gasteiger partial charge in [-0.3, -0.25) is 5.01 Å². The fraction of sp³-hybridized carbons (Fsp3) is 0.125. The molecule has 3 rings (SSSR count). The number of halogens is 3. The third kappa shape index (κ3) is 3.16. The van der Waals surface area contributed by atoms with Crippen molar-refractivity contribution >= 4 is 23.2 Å². The van der Waals surface area contributed by atoms with Crippen LogP contribution in [0, 0.1) is 5.82 Å². The summed E-state index contributed by atoms with van der Waals surface area (Å²) in [5.41, 5.74) is 1.20. The average Bonchev–Trinajstić information content (AvgIpc) is 3.05. The van der Waals surface area contributed by atoms with Crippen molar-refractivity contribution in [1.82, 2.24) is 14.9 Å². The first kappa shape index (κ1) is 15.8. The van der Waals surface area contributed by atoms with Gasteiger partial charge in [-0.1, -0.05) is 47.5 Å². The highest BCUT2D eigenvalue weighted by Gasteiger charge is 2.25. The summed E-state index contributed by atoms with van der Waals surface area (Å²) in [4.78, 5) is 5.46. The van der Waals surface area contributed by atoms with Crippen LogP contribution in [0.3, 0.4) is 0 Å². The van der Waals surface area contributed by atoms with Gasteiger partial charge < -0.3 is 0 Å². The van der Waals surface area contributed by atoms with Crippen molar-refractivity contribution in [2.24, 2.45) is 0 Å². The molecule has 118 valence electrons. The van der Waals surface area contributed by atoms with Gasteiger partial charge in [0.2, 0.25) is 0 Å². The number of nitrogens with zero attached hydrogens (tertiary/aromatic N) is 4. The Kier molecular flexibility index (Phi) is 4.50. The van der Waals surface area contributed by atoms with Gasteiger partial charge in [0, 0.05) is 22.7 Å². The molecule has 0 spiro atoms. The van der Waals surface area contributed by atoms with Crippen molar-refractivity contribution in [3.63, 3.8) is 0 Å². The molecule has 1 atom stereocenters. The Balaban J connectivity index is 2.16. The van der Waals surface area contributed by atoms with Gasteiger partial charge in [-0.05, 0) is 23.8 Å². The third-order valence-electron chi connectivity index (χ3n) is 3.56. The number of hydrogen-bond acceptors (Lipinski definition) is 3. The first-order valence-corrected chi connectivity index (χ1v) is 7.60. The molecule has 7 heteroatoms. The van der Waals surface area contributed by atoms with Crippen LogP contribution in [-0.2, 0) is 0 Å². The quantitative estimate of drug-likeness (QED) is 0.710. The van der Waals surface area contributed by atoms with Gasteiger partial charge in [-0.2, -0.15) is 4.79 Å². The van der Waals surface area contributed by atoms with Gasteiger partial charge >= 0.3 is 0 Å². The molecule has 3 aromatic rings. The molecule has 23 heavy (non-hydrogen) atoms. The fourth-order valence-electron chi connectivity index (χ4n) is 2.47. The van der Waals surface area contributed by atoms with Crippen molar-refractivity contribution in [1.29, 1.82) is 0 Å². The van der Waals surface area contributed by atoms with Crippen molar-refractivity contribution < 1.29 is 4.39 Å². The van der Waals surface area contributed by atoms with Crippen LogP contribution in [0.15, 0.2) is 55.1 Å². The topological polar surface area (TPSA) is 34.0 Å². The molecule has 0 fully saturated rings. The van der Waals surface area contributed by atoms with E-state index in [4.69, 9.17) is 23.2 Å². The maximum Gasteiger partial charge on any atom is 0.139 e. The van der Waals surface area contributed by atoms with Gasteiger partial charge in [0.15, 0.2) is 0 Å². The van der Waals surface area contributed by atoms with Crippen molar-refractivity contribution in [3.05, 3.63) is 82.1 Å². The Morgan fingerprint density at radius 3 is 2.57 bits per heavy atom. The Morgan fingerprint density at radius 1 is 1.13 bits per heavy atom. The molecule has 2 aromatic carbocycles. The highest BCUT2D eigenvalue weighted by molar-refractivity contribution is 6.35. The molecule has 0 aliphatic heterocycles. The van der Waals surface area contributed by atoms with Crippen molar-refractivity contribution in [2.45, 2.75) is 6.04 Å². The molecule has 0 radical (unpaired) electrons. The molecule has 1 aromatic heterocycles. The SMILES string of the molecule is CN(C(c1ccccc1F)c1ccc(Cl)cc1Cl)n1cncn1. The Hall–Kier alpha value is -2.11. The van der Waals surface area contributed by atoms with E-state index in [-0.39, 0.29) is 5.82 Å². The molecule has 0 bridgehead atoms. The Labute approximate surface area is 143 Å². The molecule has 0 amide bonds. The largest absolute Gasteiger partial charge is 0.286 e. The van der Waals surface area contributed by atoms with Crippen LogP contribution in [0.5, 0.6) is 0 Å². The van der Waals surface area contributed by atoms with Crippen LogP contribution in [0.4, 0.5) is 4.39 Å². The van der Waals surface area contributed by atoms with E-state index in [9.17, 15) is 4.39 Å². The third-order valence-corrected chi connectivity index (χ3v) is 4.12. The van der Waals surface area contributed by atoms with E-state index in [0.29, 0.717) is 15.6 Å². The molecule has 0 saturated heterocycles. The zero-order valence-corrected chi connectivity index (χ0v) is 13.7. The van der Waals surface area contributed by atoms with Crippen LogP contribution in [0.25, 0.3) is 0 Å². The van der Waals surface area contributed by atoms with E-state index in [2.05, 4.69) is 10.1 Å². The number of hydrogen-bond donors (Lipinski definition) is 0. The fourth-order valence-corrected chi connectivity index (χ4v) is 2.99. The normalized spacial score (nSPS) is 12.2. The molecule has 0 saturated carbocycles. The number of aromatic nitrogens is 3. The lowest BCUT2D eigenvalue weighted by atomic mass is 9.98. The standard InChI is InChI=1S/C16H13Cl2FN4/c1-22(23-10-20-9-21-23)16(13-4-2-3-5-15(13)19)12-7-6-11(17)8-14(12)18/h2-10,16H,1H3. The maximum absolute atomic E-state index is 14.4. The lowest BCUT2D eigenvalue weighted by Crippen LogP contribution is -2.36. The van der Waals surface area contributed by atoms with Crippen molar-refractivity contribution in [2.75, 3.05) is 12.1 Å². The minimum atomic E-state index is -0.484. The lowest BCUT2D eigenvalue weighted by molar-refractivity contribution is 0.507. The smallest absolute Gasteiger partial charge is 0.139 e. The predicted molar refractivity (Wildman–Crippen MR) is 88.9 cm³/mol. The van der Waals surface area contributed by atoms with Gasteiger partial charge in [0.05, 0.1) is 0 Å². The van der Waals surface area contributed by atoms with E-state index in [1.165, 1.54) is 23.5 Å². The molecule has 1 heterocycles. The molecular weight excluding hydrogens is 338 g/mol. The summed E-state index contributed by atoms with van der Waals surface area (Å²) in [6, 6.07) is 11.2. The van der Waals surface area contributed by atoms with Crippen LogP contribution >= 0.6 is 23.2 Å². The highest BCUT2D eigenvalue weighted by Crippen LogP contribution is 2.34. The van der Waals surface area contributed by atoms with E-state index < -0.39 is 6.04 Å². The summed E-state index contributed by atoms with van der Waals surface area (Å²) < 4.78 is 14.4. The molecule has 0 N–H and O–H groups in total. The van der Waals surface area contributed by atoms with Crippen molar-refractivity contribution in [3.8, 4) is 0 Å². The second-order valence-electron chi connectivity index (χ2n) is 4.98. The molecular formula is C16H13Cl2FN4. The predicted octanol–water partition coefficient (Wildman–Crippen LogP) is 4.08. The molecule has 0 aliphatic rings. The second-order valence-corrected chi connectivity index (χ2v) is 5.82. The summed E-state index contributed by atoms with van der Waals surface area (Å²) in [6.45, 7) is 0. The average molecular weight is 351 g/mol. The van der Waals surface area contributed by atoms with E-state index in [0.717, 1.165) is 5.56 Å². The number of rotatable bonds is 4. The second kappa shape index (κ2) is 6.56. The molecule has 0 aliphatic carbocycles. The Morgan fingerprint density at radius 2 is 1.91 bits per heavy atom. The summed E-state index contributed by atoms with van der Waals surface area (Å²) in [5, 5.41) is 6.83. The summed E-state index contributed by atoms with van der Waals surface area (Å²) in [6.07, 6.45) is 2.95. The molecule has 4 nitrogen and oxygen atoms in total. The van der Waals surface area contributed by atoms with Gasteiger partial charge in [-0.15, -0.1) is 5.10 Å². The maximum atomic E-state index is 14.4. The Bertz CT molecular complexity index is 808. The number of benzene rings is 2. The first-order valence-electron chi connectivity index (χ1n) is 6.85. The van der Waals surface area contributed by atoms with Gasteiger partial charge in [0.25, 0.3) is 0 Å². The van der Waals surface area contributed by atoms with Gasteiger partial charge in [0.1, 0.15) is 24.5 Å². The van der Waals surface area contributed by atoms with Crippen LogP contribution in [0.2, 0.25) is 10.0 Å². The zero-order valence-electron chi connectivity index (χ0n) is 12.2. The highest BCUT2D eigenvalue weighted by atomic mass is 35.5. The molecule has 1 unspecified atom stereocenters. The first-order chi connectivity index (χ1) is 11.1. The van der Waals surface area contributed by atoms with Gasteiger partial charge in [-0.25, -0.2) is 9.37 Å². The lowest BCUT2D eigenvalue weighted by Gasteiger charge is -2.30. The van der Waals surface area contributed by atoms with E-state index in [1.54, 1.807) is 48.5 Å². The van der Waals surface area contributed by atoms with Crippen LogP contribution < -0.4 is 5.01 Å². The zero-order chi connectivity index (χ0) is 16.4. The monoisotopic (exact) mass is 350 g/mol. The summed E-state index contributed by atoms with van der Waals surface area (Å²) in [5.74, 6) is -0.324. The summed E-state index contributed by atoms with van der Waals surface area (Å²) in [7, 11) is 1.79. The van der Waals surface area contributed by atoms with Crippen LogP contribution in [0.1, 0.15) is 17.2 Å². The minimum absolute atomic E-state index is 0.324. The summed E-state index contributed by atoms with van der Waals surface area (Å²) >= 11 is 12.3. The van der Waals surface area contributed by atoms with E-state index >= 15 is 0 Å².